The number of alkyl halides is 4. The molecule has 0 aromatic heterocycles. The van der Waals surface area contributed by atoms with Crippen LogP contribution in [-0.2, 0) is 0 Å². The molecule has 1 rings (SSSR count). The Hall–Kier alpha value is -1.10. The first-order valence-corrected chi connectivity index (χ1v) is 4.20. The monoisotopic (exact) mass is 240 g/mol. The summed E-state index contributed by atoms with van der Waals surface area (Å²) in [5.41, 5.74) is -0.529. The van der Waals surface area contributed by atoms with Gasteiger partial charge in [0.1, 0.15) is 0 Å². The van der Waals surface area contributed by atoms with E-state index in [1.165, 1.54) is 0 Å². The van der Waals surface area contributed by atoms with E-state index in [1.54, 1.807) is 0 Å². The zero-order chi connectivity index (χ0) is 11.6. The van der Waals surface area contributed by atoms with Crippen molar-refractivity contribution in [1.29, 1.82) is 0 Å². The van der Waals surface area contributed by atoms with Crippen molar-refractivity contribution in [2.45, 2.75) is 12.3 Å². The Bertz CT molecular complexity index is 357. The molecule has 0 aliphatic heterocycles. The van der Waals surface area contributed by atoms with Gasteiger partial charge in [-0.05, 0) is 29.3 Å². The number of halogens is 5. The van der Waals surface area contributed by atoms with Crippen LogP contribution in [0.3, 0.4) is 0 Å². The predicted molar refractivity (Wildman–Crippen MR) is 46.5 cm³/mol. The van der Waals surface area contributed by atoms with Crippen molar-refractivity contribution in [3.8, 4) is 0 Å². The second-order valence-corrected chi connectivity index (χ2v) is 3.14. The van der Waals surface area contributed by atoms with Crippen LogP contribution in [0.1, 0.15) is 22.1 Å². The molecule has 6 heteroatoms. The van der Waals surface area contributed by atoms with Gasteiger partial charge < -0.3 is 0 Å². The Morgan fingerprint density at radius 1 is 1.20 bits per heavy atom. The minimum absolute atomic E-state index is 0.0230. The van der Waals surface area contributed by atoms with E-state index in [0.29, 0.717) is 0 Å². The number of hydrogen-bond donors (Lipinski definition) is 0. The van der Waals surface area contributed by atoms with Gasteiger partial charge in [-0.15, -0.1) is 0 Å². The Morgan fingerprint density at radius 2 is 1.67 bits per heavy atom. The molecule has 0 aliphatic carbocycles. The van der Waals surface area contributed by atoms with Crippen LogP contribution in [0.25, 0.3) is 0 Å². The first kappa shape index (κ1) is 12.0. The van der Waals surface area contributed by atoms with Crippen molar-refractivity contribution < 1.29 is 22.4 Å². The first-order valence-electron chi connectivity index (χ1n) is 3.83. The van der Waals surface area contributed by atoms with E-state index in [4.69, 9.17) is 11.6 Å². The molecule has 1 unspecified atom stereocenters. The molecule has 1 aromatic carbocycles. The summed E-state index contributed by atoms with van der Waals surface area (Å²) in [6, 6.07) is 3.85. The Kier molecular flexibility index (Phi) is 3.34. The van der Waals surface area contributed by atoms with Gasteiger partial charge in [0.05, 0.1) is 0 Å². The van der Waals surface area contributed by atoms with Gasteiger partial charge in [0.25, 0.3) is 5.24 Å². The lowest BCUT2D eigenvalue weighted by molar-refractivity contribution is -0.182. The molecule has 0 spiro atoms. The van der Waals surface area contributed by atoms with Gasteiger partial charge in [0.15, 0.2) is 0 Å². The summed E-state index contributed by atoms with van der Waals surface area (Å²) in [7, 11) is 0. The molecule has 0 radical (unpaired) electrons. The molecule has 0 bridgehead atoms. The van der Waals surface area contributed by atoms with Gasteiger partial charge in [-0.25, -0.2) is 4.39 Å². The fraction of sp³-hybridized carbons (Fsp3) is 0.222. The van der Waals surface area contributed by atoms with Crippen LogP contribution in [0.4, 0.5) is 17.6 Å². The standard InChI is InChI=1S/C9H5ClF4O/c10-8(15)6-3-1-5(2-4-6)7(11)9(12,13)14/h1-4,7H. The summed E-state index contributed by atoms with van der Waals surface area (Å²) in [6.45, 7) is 0. The summed E-state index contributed by atoms with van der Waals surface area (Å²) in [5, 5.41) is -0.802. The van der Waals surface area contributed by atoms with Crippen molar-refractivity contribution in [2.24, 2.45) is 0 Å². The highest BCUT2D eigenvalue weighted by Crippen LogP contribution is 2.35. The molecular formula is C9H5ClF4O. The summed E-state index contributed by atoms with van der Waals surface area (Å²) >= 11 is 5.07. The second-order valence-electron chi connectivity index (χ2n) is 2.80. The highest BCUT2D eigenvalue weighted by atomic mass is 35.5. The van der Waals surface area contributed by atoms with Crippen molar-refractivity contribution in [2.75, 3.05) is 0 Å². The summed E-state index contributed by atoms with van der Waals surface area (Å²) in [4.78, 5) is 10.6. The molecule has 82 valence electrons. The van der Waals surface area contributed by atoms with Gasteiger partial charge in [-0.1, -0.05) is 12.1 Å². The van der Waals surface area contributed by atoms with Crippen LogP contribution in [0.15, 0.2) is 24.3 Å². The zero-order valence-corrected chi connectivity index (χ0v) is 7.94. The fourth-order valence-corrected chi connectivity index (χ4v) is 1.10. The van der Waals surface area contributed by atoms with E-state index >= 15 is 0 Å². The molecule has 1 atom stereocenters. The third-order valence-electron chi connectivity index (χ3n) is 1.72. The largest absolute Gasteiger partial charge is 0.423 e. The van der Waals surface area contributed by atoms with Crippen molar-refractivity contribution in [1.82, 2.24) is 0 Å². The smallest absolute Gasteiger partial charge is 0.276 e. The quantitative estimate of drug-likeness (QED) is 0.570. The molecule has 1 nitrogen and oxygen atoms in total. The minimum Gasteiger partial charge on any atom is -0.276 e. The number of benzene rings is 1. The number of hydrogen-bond acceptors (Lipinski definition) is 1. The van der Waals surface area contributed by atoms with Gasteiger partial charge in [0.2, 0.25) is 6.17 Å². The fourth-order valence-electron chi connectivity index (χ4n) is 0.972. The lowest BCUT2D eigenvalue weighted by atomic mass is 10.1. The third kappa shape index (κ3) is 2.92. The van der Waals surface area contributed by atoms with E-state index in [1.807, 2.05) is 0 Å². The van der Waals surface area contributed by atoms with Crippen molar-refractivity contribution in [3.63, 3.8) is 0 Å². The van der Waals surface area contributed by atoms with Gasteiger partial charge in [0, 0.05) is 5.56 Å². The van der Waals surface area contributed by atoms with E-state index in [2.05, 4.69) is 0 Å². The van der Waals surface area contributed by atoms with Gasteiger partial charge >= 0.3 is 6.18 Å². The molecular weight excluding hydrogens is 236 g/mol. The third-order valence-corrected chi connectivity index (χ3v) is 1.94. The van der Waals surface area contributed by atoms with Gasteiger partial charge in [-0.3, -0.25) is 4.79 Å². The second kappa shape index (κ2) is 4.18. The minimum atomic E-state index is -4.94. The Labute approximate surface area is 87.7 Å². The SMILES string of the molecule is O=C(Cl)c1ccc(C(F)C(F)(F)F)cc1. The Morgan fingerprint density at radius 3 is 2.00 bits per heavy atom. The van der Waals surface area contributed by atoms with Crippen LogP contribution in [0.2, 0.25) is 0 Å². The maximum atomic E-state index is 12.7. The van der Waals surface area contributed by atoms with E-state index in [0.717, 1.165) is 24.3 Å². The molecule has 0 N–H and O–H groups in total. The first-order chi connectivity index (χ1) is 6.82. The highest BCUT2D eigenvalue weighted by Gasteiger charge is 2.41. The number of rotatable bonds is 2. The summed E-state index contributed by atoms with van der Waals surface area (Å²) in [6.07, 6.45) is -7.98. The van der Waals surface area contributed by atoms with Crippen LogP contribution in [0.5, 0.6) is 0 Å². The van der Waals surface area contributed by atoms with Crippen molar-refractivity contribution in [3.05, 3.63) is 35.4 Å². The number of carbonyl (C=O) groups excluding carboxylic acids is 1. The van der Waals surface area contributed by atoms with Gasteiger partial charge in [-0.2, -0.15) is 13.2 Å². The van der Waals surface area contributed by atoms with E-state index in [9.17, 15) is 22.4 Å². The summed E-state index contributed by atoms with van der Waals surface area (Å²) in [5.74, 6) is 0. The number of carbonyl (C=O) groups is 1. The molecule has 15 heavy (non-hydrogen) atoms. The Balaban J connectivity index is 2.94. The maximum Gasteiger partial charge on any atom is 0.423 e. The summed E-state index contributed by atoms with van der Waals surface area (Å²) < 4.78 is 48.5. The average molecular weight is 241 g/mol. The topological polar surface area (TPSA) is 17.1 Å². The van der Waals surface area contributed by atoms with Crippen LogP contribution in [-0.4, -0.2) is 11.4 Å². The molecule has 0 saturated carbocycles. The zero-order valence-electron chi connectivity index (χ0n) is 7.18. The molecule has 1 aromatic rings. The maximum absolute atomic E-state index is 12.7. The molecule has 0 aliphatic rings. The predicted octanol–water partition coefficient (Wildman–Crippen LogP) is 3.64. The van der Waals surface area contributed by atoms with Crippen LogP contribution in [0, 0.1) is 0 Å². The normalized spacial score (nSPS) is 13.7. The molecule has 0 fully saturated rings. The highest BCUT2D eigenvalue weighted by molar-refractivity contribution is 6.67. The van der Waals surface area contributed by atoms with Crippen LogP contribution < -0.4 is 0 Å². The lowest BCUT2D eigenvalue weighted by Gasteiger charge is -2.12. The van der Waals surface area contributed by atoms with Crippen molar-refractivity contribution >= 4 is 16.8 Å². The molecule has 0 heterocycles. The lowest BCUT2D eigenvalue weighted by Crippen LogP contribution is -2.16. The molecule has 0 saturated heterocycles. The van der Waals surface area contributed by atoms with E-state index in [-0.39, 0.29) is 5.56 Å². The van der Waals surface area contributed by atoms with Crippen LogP contribution >= 0.6 is 11.6 Å². The average Bonchev–Trinajstić information content (AvgIpc) is 2.15. The molecule has 0 amide bonds. The van der Waals surface area contributed by atoms with E-state index < -0.39 is 23.2 Å².